The van der Waals surface area contributed by atoms with Gasteiger partial charge in [0.2, 0.25) is 11.1 Å². The number of alkyl halides is 3. The van der Waals surface area contributed by atoms with Crippen LogP contribution in [-0.4, -0.2) is 26.0 Å². The van der Waals surface area contributed by atoms with Crippen molar-refractivity contribution in [1.82, 2.24) is 19.7 Å². The Labute approximate surface area is 115 Å². The average molecular weight is 310 g/mol. The molecule has 0 fully saturated rings. The molecule has 5 nitrogen and oxygen atoms in total. The standard InChI is InChI=1S/C9H7ClF3N5S/c1-19-8-16-7(14)18(17-8)6-5(10)2-4(3-15-6)9(11,12)13/h2-3H,1H3,(H2,14,16,17). The zero-order valence-electron chi connectivity index (χ0n) is 9.44. The van der Waals surface area contributed by atoms with Gasteiger partial charge in [0.15, 0.2) is 5.82 Å². The fraction of sp³-hybridized carbons (Fsp3) is 0.222. The van der Waals surface area contributed by atoms with Crippen molar-refractivity contribution in [3.05, 3.63) is 22.8 Å². The molecular formula is C9H7ClF3N5S. The summed E-state index contributed by atoms with van der Waals surface area (Å²) in [5, 5.41) is 4.13. The molecule has 2 rings (SSSR count). The van der Waals surface area contributed by atoms with Gasteiger partial charge in [0.05, 0.1) is 10.6 Å². The minimum atomic E-state index is -4.51. The van der Waals surface area contributed by atoms with Crippen molar-refractivity contribution in [3.8, 4) is 5.82 Å². The Kier molecular flexibility index (Phi) is 3.59. The van der Waals surface area contributed by atoms with Gasteiger partial charge in [-0.15, -0.1) is 5.10 Å². The zero-order valence-corrected chi connectivity index (χ0v) is 11.0. The van der Waals surface area contributed by atoms with Crippen LogP contribution in [0.3, 0.4) is 0 Å². The van der Waals surface area contributed by atoms with Crippen LogP contribution < -0.4 is 5.73 Å². The van der Waals surface area contributed by atoms with E-state index < -0.39 is 11.7 Å². The third kappa shape index (κ3) is 2.76. The van der Waals surface area contributed by atoms with Crippen molar-refractivity contribution in [2.75, 3.05) is 12.0 Å². The van der Waals surface area contributed by atoms with E-state index in [1.807, 2.05) is 0 Å². The molecule has 0 amide bonds. The molecule has 10 heteroatoms. The van der Waals surface area contributed by atoms with E-state index in [1.165, 1.54) is 11.8 Å². The van der Waals surface area contributed by atoms with Crippen molar-refractivity contribution in [1.29, 1.82) is 0 Å². The summed E-state index contributed by atoms with van der Waals surface area (Å²) in [5.74, 6) is -0.00141. The van der Waals surface area contributed by atoms with Crippen LogP contribution in [0.2, 0.25) is 5.02 Å². The molecule has 0 saturated heterocycles. The molecule has 2 aromatic heterocycles. The molecule has 0 atom stereocenters. The Morgan fingerprint density at radius 2 is 2.11 bits per heavy atom. The van der Waals surface area contributed by atoms with Crippen LogP contribution in [0.4, 0.5) is 19.1 Å². The lowest BCUT2D eigenvalue weighted by atomic mass is 10.3. The summed E-state index contributed by atoms with van der Waals surface area (Å²) in [4.78, 5) is 7.53. The molecule has 0 bridgehead atoms. The van der Waals surface area contributed by atoms with Crippen LogP contribution >= 0.6 is 23.4 Å². The maximum atomic E-state index is 12.5. The Morgan fingerprint density at radius 3 is 2.58 bits per heavy atom. The lowest BCUT2D eigenvalue weighted by Crippen LogP contribution is -2.09. The maximum Gasteiger partial charge on any atom is 0.417 e. The van der Waals surface area contributed by atoms with Crippen molar-refractivity contribution >= 4 is 29.3 Å². The molecule has 0 saturated carbocycles. The van der Waals surface area contributed by atoms with Gasteiger partial charge in [-0.25, -0.2) is 4.98 Å². The molecule has 2 aromatic rings. The van der Waals surface area contributed by atoms with Gasteiger partial charge in [0, 0.05) is 6.20 Å². The van der Waals surface area contributed by atoms with Crippen LogP contribution in [0, 0.1) is 0 Å². The molecule has 0 aliphatic heterocycles. The second kappa shape index (κ2) is 4.89. The van der Waals surface area contributed by atoms with Crippen molar-refractivity contribution in [2.45, 2.75) is 11.3 Å². The van der Waals surface area contributed by atoms with E-state index in [1.54, 1.807) is 6.26 Å². The lowest BCUT2D eigenvalue weighted by molar-refractivity contribution is -0.137. The van der Waals surface area contributed by atoms with E-state index in [2.05, 4.69) is 15.1 Å². The Hall–Kier alpha value is -1.48. The molecule has 0 radical (unpaired) electrons. The third-order valence-electron chi connectivity index (χ3n) is 2.15. The molecule has 0 aliphatic carbocycles. The first-order valence-electron chi connectivity index (χ1n) is 4.82. The summed E-state index contributed by atoms with van der Waals surface area (Å²) in [6.45, 7) is 0. The minimum absolute atomic E-state index is 0.0000309. The number of nitrogen functional groups attached to an aromatic ring is 1. The van der Waals surface area contributed by atoms with Gasteiger partial charge in [-0.3, -0.25) is 0 Å². The normalized spacial score (nSPS) is 11.8. The van der Waals surface area contributed by atoms with Crippen LogP contribution in [0.1, 0.15) is 5.56 Å². The Bertz CT molecular complexity index is 612. The van der Waals surface area contributed by atoms with Gasteiger partial charge in [0.25, 0.3) is 0 Å². The zero-order chi connectivity index (χ0) is 14.2. The largest absolute Gasteiger partial charge is 0.417 e. The van der Waals surface area contributed by atoms with Gasteiger partial charge < -0.3 is 5.73 Å². The first-order valence-corrected chi connectivity index (χ1v) is 6.43. The van der Waals surface area contributed by atoms with Crippen LogP contribution in [0.25, 0.3) is 5.82 Å². The highest BCUT2D eigenvalue weighted by Crippen LogP contribution is 2.32. The quantitative estimate of drug-likeness (QED) is 0.864. The lowest BCUT2D eigenvalue weighted by Gasteiger charge is -2.09. The number of halogens is 4. The predicted octanol–water partition coefficient (Wildman–Crippen LogP) is 2.64. The summed E-state index contributed by atoms with van der Waals surface area (Å²) in [6, 6.07) is 0.768. The van der Waals surface area contributed by atoms with Gasteiger partial charge in [0.1, 0.15) is 0 Å². The number of anilines is 1. The minimum Gasteiger partial charge on any atom is -0.368 e. The summed E-state index contributed by atoms with van der Waals surface area (Å²) in [5.41, 5.74) is 4.66. The molecule has 2 heterocycles. The number of pyridine rings is 1. The predicted molar refractivity (Wildman–Crippen MR) is 65.4 cm³/mol. The fourth-order valence-corrected chi connectivity index (χ4v) is 1.88. The molecular weight excluding hydrogens is 303 g/mol. The van der Waals surface area contributed by atoms with E-state index >= 15 is 0 Å². The van der Waals surface area contributed by atoms with Crippen LogP contribution in [0.15, 0.2) is 17.4 Å². The number of aromatic nitrogens is 4. The SMILES string of the molecule is CSc1nc(N)n(-c2ncc(C(F)(F)F)cc2Cl)n1. The molecule has 0 aromatic carbocycles. The van der Waals surface area contributed by atoms with E-state index in [0.29, 0.717) is 11.4 Å². The van der Waals surface area contributed by atoms with E-state index in [4.69, 9.17) is 17.3 Å². The Morgan fingerprint density at radius 1 is 1.42 bits per heavy atom. The number of rotatable bonds is 2. The topological polar surface area (TPSA) is 69.6 Å². The first-order chi connectivity index (χ1) is 8.82. The Balaban J connectivity index is 2.49. The number of hydrogen-bond acceptors (Lipinski definition) is 5. The van der Waals surface area contributed by atoms with E-state index in [-0.39, 0.29) is 16.8 Å². The van der Waals surface area contributed by atoms with Crippen molar-refractivity contribution in [3.63, 3.8) is 0 Å². The summed E-state index contributed by atoms with van der Waals surface area (Å²) >= 11 is 7.02. The molecule has 0 aliphatic rings. The maximum absolute atomic E-state index is 12.5. The third-order valence-corrected chi connectivity index (χ3v) is 2.96. The van der Waals surface area contributed by atoms with Crippen LogP contribution in [0.5, 0.6) is 0 Å². The fourth-order valence-electron chi connectivity index (χ4n) is 1.29. The summed E-state index contributed by atoms with van der Waals surface area (Å²) in [6.07, 6.45) is -2.10. The number of hydrogen-bond donors (Lipinski definition) is 1. The second-order valence-electron chi connectivity index (χ2n) is 3.40. The van der Waals surface area contributed by atoms with Gasteiger partial charge in [-0.1, -0.05) is 23.4 Å². The van der Waals surface area contributed by atoms with Crippen molar-refractivity contribution in [2.24, 2.45) is 0 Å². The average Bonchev–Trinajstić information content (AvgIpc) is 2.69. The number of nitrogens with zero attached hydrogens (tertiary/aromatic N) is 4. The van der Waals surface area contributed by atoms with Gasteiger partial charge in [-0.05, 0) is 12.3 Å². The summed E-state index contributed by atoms with van der Waals surface area (Å²) in [7, 11) is 0. The van der Waals surface area contributed by atoms with E-state index in [0.717, 1.165) is 10.7 Å². The number of thioether (sulfide) groups is 1. The van der Waals surface area contributed by atoms with Crippen LogP contribution in [-0.2, 0) is 6.18 Å². The van der Waals surface area contributed by atoms with E-state index in [9.17, 15) is 13.2 Å². The highest BCUT2D eigenvalue weighted by atomic mass is 35.5. The molecule has 2 N–H and O–H groups in total. The highest BCUT2D eigenvalue weighted by Gasteiger charge is 2.32. The highest BCUT2D eigenvalue weighted by molar-refractivity contribution is 7.98. The second-order valence-corrected chi connectivity index (χ2v) is 4.58. The molecule has 0 unspecified atom stereocenters. The van der Waals surface area contributed by atoms with Gasteiger partial charge >= 0.3 is 6.18 Å². The monoisotopic (exact) mass is 309 g/mol. The molecule has 0 spiro atoms. The summed E-state index contributed by atoms with van der Waals surface area (Å²) < 4.78 is 38.5. The molecule has 102 valence electrons. The molecule has 19 heavy (non-hydrogen) atoms. The number of nitrogens with two attached hydrogens (primary N) is 1. The van der Waals surface area contributed by atoms with Crippen molar-refractivity contribution < 1.29 is 13.2 Å². The smallest absolute Gasteiger partial charge is 0.368 e. The first kappa shape index (κ1) is 13.9. The van der Waals surface area contributed by atoms with Gasteiger partial charge in [-0.2, -0.15) is 22.8 Å².